The van der Waals surface area contributed by atoms with Crippen molar-refractivity contribution in [2.75, 3.05) is 0 Å². The van der Waals surface area contributed by atoms with Crippen molar-refractivity contribution in [3.63, 3.8) is 0 Å². The molecule has 5 nitrogen and oxygen atoms in total. The highest BCUT2D eigenvalue weighted by Crippen LogP contribution is 2.30. The van der Waals surface area contributed by atoms with Gasteiger partial charge in [-0.2, -0.15) is 0 Å². The zero-order valence-corrected chi connectivity index (χ0v) is 10.2. The number of ketones is 1. The minimum absolute atomic E-state index is 0.0381. The molecule has 1 saturated carbocycles. The van der Waals surface area contributed by atoms with Gasteiger partial charge in [-0.1, -0.05) is 6.07 Å². The molecule has 0 heterocycles. The number of nitrogens with zero attached hydrogens (tertiary/aromatic N) is 1. The molecule has 18 heavy (non-hydrogen) atoms. The predicted molar refractivity (Wildman–Crippen MR) is 65.7 cm³/mol. The monoisotopic (exact) mass is 249 g/mol. The van der Waals surface area contributed by atoms with Gasteiger partial charge in [0.2, 0.25) is 0 Å². The topological polar surface area (TPSA) is 69.4 Å². The molecule has 2 rings (SSSR count). The van der Waals surface area contributed by atoms with Crippen LogP contribution in [-0.2, 0) is 4.79 Å². The highest BCUT2D eigenvalue weighted by molar-refractivity contribution is 5.84. The number of carbonyl (C=O) groups is 1. The van der Waals surface area contributed by atoms with Crippen LogP contribution in [0.1, 0.15) is 31.2 Å². The Bertz CT molecular complexity index is 484. The Balaban J connectivity index is 2.22. The molecule has 1 aromatic rings. The van der Waals surface area contributed by atoms with E-state index in [2.05, 4.69) is 0 Å². The van der Waals surface area contributed by atoms with E-state index in [-0.39, 0.29) is 17.2 Å². The molecule has 1 aliphatic carbocycles. The van der Waals surface area contributed by atoms with Gasteiger partial charge in [0.05, 0.1) is 4.92 Å². The Kier molecular flexibility index (Phi) is 3.60. The molecule has 0 aliphatic heterocycles. The average molecular weight is 249 g/mol. The van der Waals surface area contributed by atoms with Gasteiger partial charge in [0.1, 0.15) is 0 Å². The molecule has 1 fully saturated rings. The molecule has 1 atom stereocenters. The van der Waals surface area contributed by atoms with Gasteiger partial charge in [-0.3, -0.25) is 14.9 Å². The molecule has 0 aromatic heterocycles. The quantitative estimate of drug-likeness (QED) is 0.610. The van der Waals surface area contributed by atoms with Crippen molar-refractivity contribution >= 4 is 11.5 Å². The van der Waals surface area contributed by atoms with E-state index >= 15 is 0 Å². The number of hydrogen-bond donors (Lipinski definition) is 0. The number of nitro groups is 1. The van der Waals surface area contributed by atoms with Crippen molar-refractivity contribution < 1.29 is 14.5 Å². The van der Waals surface area contributed by atoms with Gasteiger partial charge in [0.25, 0.3) is 0 Å². The lowest BCUT2D eigenvalue weighted by Crippen LogP contribution is -2.30. The van der Waals surface area contributed by atoms with Crippen molar-refractivity contribution in [1.82, 2.24) is 0 Å². The molecule has 1 aromatic carbocycles. The van der Waals surface area contributed by atoms with Crippen LogP contribution in [0.4, 0.5) is 5.69 Å². The van der Waals surface area contributed by atoms with Crippen LogP contribution in [0.3, 0.4) is 0 Å². The molecular formula is C13H15NO4. The number of rotatable bonds is 3. The fraction of sp³-hybridized carbons (Fsp3) is 0.462. The van der Waals surface area contributed by atoms with Crippen LogP contribution in [0.25, 0.3) is 0 Å². The smallest absolute Gasteiger partial charge is 0.311 e. The SMILES string of the molecule is Cc1ccc(OC2CCCCC2=O)c([N+](=O)[O-])c1. The van der Waals surface area contributed by atoms with Crippen LogP contribution in [0.2, 0.25) is 0 Å². The first kappa shape index (κ1) is 12.5. The van der Waals surface area contributed by atoms with Crippen LogP contribution < -0.4 is 4.74 Å². The molecule has 1 unspecified atom stereocenters. The van der Waals surface area contributed by atoms with Gasteiger partial charge in [0, 0.05) is 12.5 Å². The Morgan fingerprint density at radius 1 is 1.39 bits per heavy atom. The first-order chi connectivity index (χ1) is 8.58. The summed E-state index contributed by atoms with van der Waals surface area (Å²) >= 11 is 0. The lowest BCUT2D eigenvalue weighted by molar-refractivity contribution is -0.386. The van der Waals surface area contributed by atoms with E-state index in [0.717, 1.165) is 18.4 Å². The number of hydrogen-bond acceptors (Lipinski definition) is 4. The molecule has 0 bridgehead atoms. The Hall–Kier alpha value is -1.91. The van der Waals surface area contributed by atoms with Crippen molar-refractivity contribution in [2.45, 2.75) is 38.7 Å². The fourth-order valence-electron chi connectivity index (χ4n) is 2.10. The van der Waals surface area contributed by atoms with E-state index in [9.17, 15) is 14.9 Å². The van der Waals surface area contributed by atoms with Crippen LogP contribution in [-0.4, -0.2) is 16.8 Å². The highest BCUT2D eigenvalue weighted by atomic mass is 16.6. The third-order valence-electron chi connectivity index (χ3n) is 3.08. The van der Waals surface area contributed by atoms with E-state index in [1.165, 1.54) is 6.07 Å². The number of carbonyl (C=O) groups excluding carboxylic acids is 1. The van der Waals surface area contributed by atoms with Crippen LogP contribution in [0.15, 0.2) is 18.2 Å². The molecule has 5 heteroatoms. The summed E-state index contributed by atoms with van der Waals surface area (Å²) in [5.74, 6) is 0.224. The summed E-state index contributed by atoms with van der Waals surface area (Å²) < 4.78 is 5.52. The molecule has 1 aliphatic rings. The summed E-state index contributed by atoms with van der Waals surface area (Å²) in [4.78, 5) is 22.1. The van der Waals surface area contributed by atoms with E-state index in [0.29, 0.717) is 12.8 Å². The molecule has 0 amide bonds. The molecule has 0 saturated heterocycles. The van der Waals surface area contributed by atoms with Gasteiger partial charge in [-0.05, 0) is 37.8 Å². The standard InChI is InChI=1S/C13H15NO4/c1-9-6-7-12(10(8-9)14(16)17)18-13-5-3-2-4-11(13)15/h6-8,13H,2-5H2,1H3. The second-order valence-corrected chi connectivity index (χ2v) is 4.55. The van der Waals surface area contributed by atoms with E-state index in [1.807, 2.05) is 0 Å². The van der Waals surface area contributed by atoms with Crippen molar-refractivity contribution in [2.24, 2.45) is 0 Å². The average Bonchev–Trinajstić information content (AvgIpc) is 2.34. The number of aryl methyl sites for hydroxylation is 1. The summed E-state index contributed by atoms with van der Waals surface area (Å²) in [6.07, 6.45) is 2.43. The maximum Gasteiger partial charge on any atom is 0.311 e. The number of Topliss-reactive ketones (excluding diaryl/α,β-unsaturated/α-hetero) is 1. The van der Waals surface area contributed by atoms with Crippen molar-refractivity contribution in [1.29, 1.82) is 0 Å². The summed E-state index contributed by atoms with van der Waals surface area (Å²) in [6.45, 7) is 1.78. The maximum absolute atomic E-state index is 11.7. The minimum Gasteiger partial charge on any atom is -0.476 e. The number of nitro benzene ring substituents is 1. The Labute approximate surface area is 105 Å². The predicted octanol–water partition coefficient (Wildman–Crippen LogP) is 2.79. The van der Waals surface area contributed by atoms with Gasteiger partial charge in [-0.15, -0.1) is 0 Å². The Morgan fingerprint density at radius 2 is 2.17 bits per heavy atom. The second kappa shape index (κ2) is 5.16. The van der Waals surface area contributed by atoms with Gasteiger partial charge in [0.15, 0.2) is 17.6 Å². The minimum atomic E-state index is -0.528. The zero-order valence-electron chi connectivity index (χ0n) is 10.2. The lowest BCUT2D eigenvalue weighted by atomic mass is 9.96. The fourth-order valence-corrected chi connectivity index (χ4v) is 2.10. The van der Waals surface area contributed by atoms with Gasteiger partial charge in [-0.25, -0.2) is 0 Å². The first-order valence-electron chi connectivity index (χ1n) is 6.02. The molecule has 96 valence electrons. The van der Waals surface area contributed by atoms with Crippen LogP contribution in [0, 0.1) is 17.0 Å². The molecule has 0 N–H and O–H groups in total. The van der Waals surface area contributed by atoms with Crippen LogP contribution in [0.5, 0.6) is 5.75 Å². The zero-order chi connectivity index (χ0) is 13.1. The van der Waals surface area contributed by atoms with E-state index in [4.69, 9.17) is 4.74 Å². The van der Waals surface area contributed by atoms with E-state index < -0.39 is 11.0 Å². The van der Waals surface area contributed by atoms with Crippen LogP contribution >= 0.6 is 0 Å². The molecule has 0 spiro atoms. The first-order valence-corrected chi connectivity index (χ1v) is 6.02. The largest absolute Gasteiger partial charge is 0.476 e. The third kappa shape index (κ3) is 2.67. The maximum atomic E-state index is 11.7. The number of benzene rings is 1. The summed E-state index contributed by atoms with van der Waals surface area (Å²) in [7, 11) is 0. The normalized spacial score (nSPS) is 19.6. The van der Waals surface area contributed by atoms with Crippen molar-refractivity contribution in [3.05, 3.63) is 33.9 Å². The van der Waals surface area contributed by atoms with Gasteiger partial charge < -0.3 is 4.74 Å². The number of ether oxygens (including phenoxy) is 1. The van der Waals surface area contributed by atoms with E-state index in [1.54, 1.807) is 19.1 Å². The third-order valence-corrected chi connectivity index (χ3v) is 3.08. The highest BCUT2D eigenvalue weighted by Gasteiger charge is 2.26. The lowest BCUT2D eigenvalue weighted by Gasteiger charge is -2.21. The second-order valence-electron chi connectivity index (χ2n) is 4.55. The van der Waals surface area contributed by atoms with Gasteiger partial charge >= 0.3 is 5.69 Å². The van der Waals surface area contributed by atoms with Crippen molar-refractivity contribution in [3.8, 4) is 5.75 Å². The Morgan fingerprint density at radius 3 is 2.83 bits per heavy atom. The molecule has 0 radical (unpaired) electrons. The summed E-state index contributed by atoms with van der Waals surface area (Å²) in [5, 5.41) is 10.9. The summed E-state index contributed by atoms with van der Waals surface area (Å²) in [6, 6.07) is 4.77. The summed E-state index contributed by atoms with van der Waals surface area (Å²) in [5.41, 5.74) is 0.720. The molecular weight excluding hydrogens is 234 g/mol.